The van der Waals surface area contributed by atoms with E-state index in [1.165, 1.54) is 11.8 Å². The molecule has 19 heavy (non-hydrogen) atoms. The monoisotopic (exact) mass is 283 g/mol. The van der Waals surface area contributed by atoms with Gasteiger partial charge in [-0.05, 0) is 32.2 Å². The van der Waals surface area contributed by atoms with E-state index in [-0.39, 0.29) is 19.1 Å². The van der Waals surface area contributed by atoms with Crippen molar-refractivity contribution in [1.82, 2.24) is 5.32 Å². The third kappa shape index (κ3) is 6.50. The van der Waals surface area contributed by atoms with Crippen molar-refractivity contribution < 1.29 is 14.6 Å². The van der Waals surface area contributed by atoms with Gasteiger partial charge in [-0.1, -0.05) is 17.7 Å². The molecule has 1 aromatic rings. The van der Waals surface area contributed by atoms with Gasteiger partial charge >= 0.3 is 0 Å². The minimum absolute atomic E-state index is 0.0432. The Balaban J connectivity index is 2.30. The molecule has 0 heterocycles. The minimum Gasteiger partial charge on any atom is -0.484 e. The van der Waals surface area contributed by atoms with Crippen molar-refractivity contribution in [1.29, 1.82) is 0 Å². The highest BCUT2D eigenvalue weighted by atomic mass is 32.2. The van der Waals surface area contributed by atoms with E-state index < -0.39 is 5.60 Å². The van der Waals surface area contributed by atoms with Crippen LogP contribution in [0.25, 0.3) is 0 Å². The number of hydrogen-bond acceptors (Lipinski definition) is 4. The van der Waals surface area contributed by atoms with E-state index in [2.05, 4.69) is 5.32 Å². The molecule has 0 fully saturated rings. The molecule has 1 unspecified atom stereocenters. The maximum atomic E-state index is 11.6. The van der Waals surface area contributed by atoms with Gasteiger partial charge in [0.15, 0.2) is 6.61 Å². The maximum Gasteiger partial charge on any atom is 0.258 e. The van der Waals surface area contributed by atoms with Crippen LogP contribution in [-0.2, 0) is 4.79 Å². The van der Waals surface area contributed by atoms with Crippen LogP contribution >= 0.6 is 11.8 Å². The number of nitrogens with one attached hydrogen (secondary N) is 1. The predicted octanol–water partition coefficient (Wildman–Crippen LogP) is 1.60. The van der Waals surface area contributed by atoms with Gasteiger partial charge in [0.2, 0.25) is 0 Å². The number of aliphatic hydroxyl groups is 1. The SMILES string of the molecule is CSCC(C)(O)CNC(=O)COc1ccc(C)cc1. The highest BCUT2D eigenvalue weighted by molar-refractivity contribution is 7.98. The van der Waals surface area contributed by atoms with Crippen LogP contribution < -0.4 is 10.1 Å². The molecular weight excluding hydrogens is 262 g/mol. The molecule has 5 heteroatoms. The molecule has 0 aliphatic heterocycles. The number of thioether (sulfide) groups is 1. The van der Waals surface area contributed by atoms with Crippen LogP contribution in [-0.4, -0.2) is 41.8 Å². The fourth-order valence-corrected chi connectivity index (χ4v) is 2.21. The Hall–Kier alpha value is -1.20. The molecule has 4 nitrogen and oxygen atoms in total. The fourth-order valence-electron chi connectivity index (χ4n) is 1.49. The molecule has 106 valence electrons. The van der Waals surface area contributed by atoms with E-state index in [1.807, 2.05) is 37.4 Å². The smallest absolute Gasteiger partial charge is 0.258 e. The largest absolute Gasteiger partial charge is 0.484 e. The summed E-state index contributed by atoms with van der Waals surface area (Å²) in [6.45, 7) is 3.87. The van der Waals surface area contributed by atoms with Crippen LogP contribution in [0.4, 0.5) is 0 Å². The van der Waals surface area contributed by atoms with Crippen LogP contribution in [0.5, 0.6) is 5.75 Å². The molecule has 0 aliphatic carbocycles. The standard InChI is InChI=1S/C14H21NO3S/c1-11-4-6-12(7-5-11)18-8-13(16)15-9-14(2,17)10-19-3/h4-7,17H,8-10H2,1-3H3,(H,15,16). The zero-order valence-electron chi connectivity index (χ0n) is 11.6. The molecule has 0 saturated heterocycles. The Kier molecular flexibility index (Phi) is 6.18. The lowest BCUT2D eigenvalue weighted by atomic mass is 10.1. The molecule has 1 rings (SSSR count). The van der Waals surface area contributed by atoms with Gasteiger partial charge in [0, 0.05) is 12.3 Å². The quantitative estimate of drug-likeness (QED) is 0.798. The Bertz CT molecular complexity index is 404. The van der Waals surface area contributed by atoms with Crippen molar-refractivity contribution in [2.24, 2.45) is 0 Å². The lowest BCUT2D eigenvalue weighted by molar-refractivity contribution is -0.124. The third-order valence-electron chi connectivity index (χ3n) is 2.51. The topological polar surface area (TPSA) is 58.6 Å². The molecule has 0 aliphatic rings. The summed E-state index contributed by atoms with van der Waals surface area (Å²) in [6, 6.07) is 7.51. The van der Waals surface area contributed by atoms with E-state index in [0.29, 0.717) is 11.5 Å². The Morgan fingerprint density at radius 1 is 1.42 bits per heavy atom. The zero-order valence-corrected chi connectivity index (χ0v) is 12.4. The molecule has 0 bridgehead atoms. The Labute approximate surface area is 118 Å². The zero-order chi connectivity index (χ0) is 14.3. The van der Waals surface area contributed by atoms with Gasteiger partial charge in [-0.15, -0.1) is 0 Å². The van der Waals surface area contributed by atoms with E-state index in [9.17, 15) is 9.90 Å². The molecule has 1 aromatic carbocycles. The van der Waals surface area contributed by atoms with Crippen molar-refractivity contribution in [2.75, 3.05) is 25.2 Å². The molecule has 0 aromatic heterocycles. The molecule has 2 N–H and O–H groups in total. The highest BCUT2D eigenvalue weighted by Crippen LogP contribution is 2.11. The van der Waals surface area contributed by atoms with Crippen molar-refractivity contribution in [3.8, 4) is 5.75 Å². The minimum atomic E-state index is -0.890. The first-order valence-corrected chi connectivity index (χ1v) is 7.50. The number of hydrogen-bond donors (Lipinski definition) is 2. The first-order valence-electron chi connectivity index (χ1n) is 6.10. The summed E-state index contributed by atoms with van der Waals surface area (Å²) in [6.07, 6.45) is 1.91. The summed E-state index contributed by atoms with van der Waals surface area (Å²) in [4.78, 5) is 11.6. The lowest BCUT2D eigenvalue weighted by Gasteiger charge is -2.22. The van der Waals surface area contributed by atoms with Gasteiger partial charge in [-0.2, -0.15) is 11.8 Å². The lowest BCUT2D eigenvalue weighted by Crippen LogP contribution is -2.43. The van der Waals surface area contributed by atoms with E-state index in [0.717, 1.165) is 5.56 Å². The van der Waals surface area contributed by atoms with Crippen LogP contribution in [0.3, 0.4) is 0 Å². The second kappa shape index (κ2) is 7.40. The Morgan fingerprint density at radius 3 is 2.63 bits per heavy atom. The molecule has 0 saturated carbocycles. The van der Waals surface area contributed by atoms with Crippen LogP contribution in [0.2, 0.25) is 0 Å². The van der Waals surface area contributed by atoms with Gasteiger partial charge in [0.05, 0.1) is 5.60 Å². The number of carbonyl (C=O) groups excluding carboxylic acids is 1. The molecule has 1 atom stereocenters. The summed E-state index contributed by atoms with van der Waals surface area (Å²) in [5.41, 5.74) is 0.253. The summed E-state index contributed by atoms with van der Waals surface area (Å²) in [5.74, 6) is 1.00. The maximum absolute atomic E-state index is 11.6. The summed E-state index contributed by atoms with van der Waals surface area (Å²) in [7, 11) is 0. The molecular formula is C14H21NO3S. The van der Waals surface area contributed by atoms with Gasteiger partial charge in [0.25, 0.3) is 5.91 Å². The van der Waals surface area contributed by atoms with Gasteiger partial charge in [-0.3, -0.25) is 4.79 Å². The van der Waals surface area contributed by atoms with E-state index in [4.69, 9.17) is 4.74 Å². The normalized spacial score (nSPS) is 13.7. The van der Waals surface area contributed by atoms with Crippen LogP contribution in [0, 0.1) is 6.92 Å². The van der Waals surface area contributed by atoms with Crippen molar-refractivity contribution in [2.45, 2.75) is 19.4 Å². The van der Waals surface area contributed by atoms with Crippen LogP contribution in [0.1, 0.15) is 12.5 Å². The number of aryl methyl sites for hydroxylation is 1. The van der Waals surface area contributed by atoms with Crippen molar-refractivity contribution in [3.63, 3.8) is 0 Å². The summed E-state index contributed by atoms with van der Waals surface area (Å²) >= 11 is 1.54. The average Bonchev–Trinajstić information content (AvgIpc) is 2.36. The second-order valence-corrected chi connectivity index (χ2v) is 5.67. The van der Waals surface area contributed by atoms with Crippen molar-refractivity contribution >= 4 is 17.7 Å². The number of rotatable bonds is 7. The fraction of sp³-hybridized carbons (Fsp3) is 0.500. The number of amides is 1. The van der Waals surface area contributed by atoms with Gasteiger partial charge < -0.3 is 15.2 Å². The highest BCUT2D eigenvalue weighted by Gasteiger charge is 2.20. The summed E-state index contributed by atoms with van der Waals surface area (Å²) < 4.78 is 5.35. The molecule has 1 amide bonds. The molecule has 0 spiro atoms. The second-order valence-electron chi connectivity index (χ2n) is 4.81. The van der Waals surface area contributed by atoms with Crippen molar-refractivity contribution in [3.05, 3.63) is 29.8 Å². The Morgan fingerprint density at radius 2 is 2.05 bits per heavy atom. The number of carbonyl (C=O) groups is 1. The van der Waals surface area contributed by atoms with E-state index in [1.54, 1.807) is 6.92 Å². The van der Waals surface area contributed by atoms with Crippen LogP contribution in [0.15, 0.2) is 24.3 Å². The first-order chi connectivity index (χ1) is 8.93. The summed E-state index contributed by atoms with van der Waals surface area (Å²) in [5, 5.41) is 12.6. The predicted molar refractivity (Wildman–Crippen MR) is 78.7 cm³/mol. The van der Waals surface area contributed by atoms with Gasteiger partial charge in [0.1, 0.15) is 5.75 Å². The first kappa shape index (κ1) is 15.9. The average molecular weight is 283 g/mol. The van der Waals surface area contributed by atoms with Gasteiger partial charge in [-0.25, -0.2) is 0 Å². The van der Waals surface area contributed by atoms with E-state index >= 15 is 0 Å². The third-order valence-corrected chi connectivity index (χ3v) is 3.42. The number of benzene rings is 1. The number of ether oxygens (including phenoxy) is 1. The molecule has 0 radical (unpaired) electrons.